The van der Waals surface area contributed by atoms with Crippen molar-refractivity contribution < 1.29 is 4.39 Å². The van der Waals surface area contributed by atoms with Gasteiger partial charge in [-0.2, -0.15) is 5.10 Å². The zero-order valence-electron chi connectivity index (χ0n) is 12.7. The molecule has 1 aromatic heterocycles. The minimum Gasteiger partial charge on any atom is -0.311 e. The van der Waals surface area contributed by atoms with Gasteiger partial charge in [-0.25, -0.2) is 4.39 Å². The minimum atomic E-state index is -0.171. The summed E-state index contributed by atoms with van der Waals surface area (Å²) in [5, 5.41) is 7.90. The molecule has 0 amide bonds. The number of aromatic nitrogens is 2. The Bertz CT molecular complexity index is 622. The van der Waals surface area contributed by atoms with Crippen LogP contribution in [0.25, 0.3) is 0 Å². The molecule has 0 saturated carbocycles. The normalized spacial score (nSPS) is 11.1. The van der Waals surface area contributed by atoms with Crippen LogP contribution in [0.15, 0.2) is 22.7 Å². The maximum atomic E-state index is 13.1. The van der Waals surface area contributed by atoms with E-state index in [1.807, 2.05) is 24.7 Å². The van der Waals surface area contributed by atoms with E-state index in [1.165, 1.54) is 11.6 Å². The Morgan fingerprint density at radius 1 is 1.38 bits per heavy atom. The summed E-state index contributed by atoms with van der Waals surface area (Å²) in [6.45, 7) is 5.67. The van der Waals surface area contributed by atoms with Crippen molar-refractivity contribution in [3.05, 3.63) is 51.0 Å². The van der Waals surface area contributed by atoms with E-state index in [-0.39, 0.29) is 5.82 Å². The van der Waals surface area contributed by atoms with Crippen LogP contribution in [0, 0.1) is 12.7 Å². The second-order valence-electron chi connectivity index (χ2n) is 5.18. The molecule has 0 saturated heterocycles. The van der Waals surface area contributed by atoms with Crippen molar-refractivity contribution in [2.24, 2.45) is 7.05 Å². The Balaban J connectivity index is 1.89. The van der Waals surface area contributed by atoms with Crippen LogP contribution in [0.5, 0.6) is 0 Å². The van der Waals surface area contributed by atoms with Crippen molar-refractivity contribution in [3.63, 3.8) is 0 Å². The van der Waals surface area contributed by atoms with Crippen LogP contribution in [0.3, 0.4) is 0 Å². The fourth-order valence-corrected chi connectivity index (χ4v) is 3.14. The molecule has 0 unspecified atom stereocenters. The van der Waals surface area contributed by atoms with Crippen molar-refractivity contribution in [2.75, 3.05) is 6.54 Å². The summed E-state index contributed by atoms with van der Waals surface area (Å²) in [6, 6.07) is 4.97. The summed E-state index contributed by atoms with van der Waals surface area (Å²) >= 11 is 3.61. The molecule has 3 nitrogen and oxygen atoms in total. The standard InChI is InChI=1S/C16H21BrFN3/c1-4-14-16(17)15(21(3)20-14)10-19-8-7-12-5-6-13(18)9-11(12)2/h5-6,9,19H,4,7-8,10H2,1-3H3. The number of benzene rings is 1. The second kappa shape index (κ2) is 7.18. The lowest BCUT2D eigenvalue weighted by Gasteiger charge is -2.08. The predicted molar refractivity (Wildman–Crippen MR) is 86.8 cm³/mol. The van der Waals surface area contributed by atoms with Crippen molar-refractivity contribution in [1.82, 2.24) is 15.1 Å². The van der Waals surface area contributed by atoms with Crippen LogP contribution in [-0.2, 0) is 26.4 Å². The fourth-order valence-electron chi connectivity index (χ4n) is 2.38. The third-order valence-electron chi connectivity index (χ3n) is 3.67. The van der Waals surface area contributed by atoms with Crippen LogP contribution in [0.4, 0.5) is 4.39 Å². The van der Waals surface area contributed by atoms with Crippen LogP contribution >= 0.6 is 15.9 Å². The molecule has 114 valence electrons. The minimum absolute atomic E-state index is 0.171. The van der Waals surface area contributed by atoms with E-state index >= 15 is 0 Å². The van der Waals surface area contributed by atoms with Crippen LogP contribution < -0.4 is 5.32 Å². The van der Waals surface area contributed by atoms with E-state index in [9.17, 15) is 4.39 Å². The molecule has 0 aliphatic rings. The van der Waals surface area contributed by atoms with Gasteiger partial charge in [0.15, 0.2) is 0 Å². The molecular formula is C16H21BrFN3. The largest absolute Gasteiger partial charge is 0.311 e. The first-order valence-corrected chi connectivity index (χ1v) is 7.98. The lowest BCUT2D eigenvalue weighted by molar-refractivity contribution is 0.616. The molecule has 5 heteroatoms. The zero-order valence-corrected chi connectivity index (χ0v) is 14.3. The Morgan fingerprint density at radius 2 is 2.14 bits per heavy atom. The van der Waals surface area contributed by atoms with Crippen LogP contribution in [0.2, 0.25) is 0 Å². The molecule has 21 heavy (non-hydrogen) atoms. The maximum Gasteiger partial charge on any atom is 0.123 e. The second-order valence-corrected chi connectivity index (χ2v) is 5.98. The molecule has 0 aliphatic carbocycles. The van der Waals surface area contributed by atoms with Gasteiger partial charge in [-0.15, -0.1) is 0 Å². The Morgan fingerprint density at radius 3 is 2.76 bits per heavy atom. The lowest BCUT2D eigenvalue weighted by atomic mass is 10.1. The van der Waals surface area contributed by atoms with Gasteiger partial charge in [0.1, 0.15) is 5.82 Å². The molecule has 1 N–H and O–H groups in total. The van der Waals surface area contributed by atoms with Gasteiger partial charge >= 0.3 is 0 Å². The highest BCUT2D eigenvalue weighted by Gasteiger charge is 2.11. The highest BCUT2D eigenvalue weighted by Crippen LogP contribution is 2.21. The zero-order chi connectivity index (χ0) is 15.4. The van der Waals surface area contributed by atoms with E-state index in [0.717, 1.165) is 47.4 Å². The first-order valence-electron chi connectivity index (χ1n) is 7.19. The van der Waals surface area contributed by atoms with Gasteiger partial charge < -0.3 is 5.32 Å². The number of halogens is 2. The molecular weight excluding hydrogens is 333 g/mol. The summed E-state index contributed by atoms with van der Waals surface area (Å²) in [6.07, 6.45) is 1.81. The number of hydrogen-bond donors (Lipinski definition) is 1. The van der Waals surface area contributed by atoms with Gasteiger partial charge in [0, 0.05) is 13.6 Å². The van der Waals surface area contributed by atoms with Crippen molar-refractivity contribution in [3.8, 4) is 0 Å². The topological polar surface area (TPSA) is 29.9 Å². The summed E-state index contributed by atoms with van der Waals surface area (Å²) < 4.78 is 16.1. The molecule has 1 aromatic carbocycles. The van der Waals surface area contributed by atoms with Crippen molar-refractivity contribution >= 4 is 15.9 Å². The summed E-state index contributed by atoms with van der Waals surface area (Å²) in [5.74, 6) is -0.171. The first kappa shape index (κ1) is 16.2. The number of nitrogens with zero attached hydrogens (tertiary/aromatic N) is 2. The first-order chi connectivity index (χ1) is 10.0. The molecule has 2 rings (SSSR count). The molecule has 0 aliphatic heterocycles. The molecule has 0 atom stereocenters. The summed E-state index contributed by atoms with van der Waals surface area (Å²) in [7, 11) is 1.96. The SMILES string of the molecule is CCc1nn(C)c(CNCCc2ccc(F)cc2C)c1Br. The highest BCUT2D eigenvalue weighted by molar-refractivity contribution is 9.10. The maximum absolute atomic E-state index is 13.1. The third-order valence-corrected chi connectivity index (χ3v) is 4.59. The average molecular weight is 354 g/mol. The van der Waals surface area contributed by atoms with Gasteiger partial charge in [0.2, 0.25) is 0 Å². The van der Waals surface area contributed by atoms with E-state index < -0.39 is 0 Å². The monoisotopic (exact) mass is 353 g/mol. The number of rotatable bonds is 6. The van der Waals surface area contributed by atoms with Crippen LogP contribution in [-0.4, -0.2) is 16.3 Å². The smallest absolute Gasteiger partial charge is 0.123 e. The van der Waals surface area contributed by atoms with E-state index in [1.54, 1.807) is 6.07 Å². The van der Waals surface area contributed by atoms with Crippen LogP contribution in [0.1, 0.15) is 29.4 Å². The molecule has 2 aromatic rings. The quantitative estimate of drug-likeness (QED) is 0.805. The van der Waals surface area contributed by atoms with Gasteiger partial charge in [0.25, 0.3) is 0 Å². The summed E-state index contributed by atoms with van der Waals surface area (Å²) in [4.78, 5) is 0. The van der Waals surface area contributed by atoms with Gasteiger partial charge in [0.05, 0.1) is 15.9 Å². The van der Waals surface area contributed by atoms with E-state index in [2.05, 4.69) is 33.3 Å². The van der Waals surface area contributed by atoms with Gasteiger partial charge in [-0.05, 0) is 65.5 Å². The molecule has 0 bridgehead atoms. The lowest BCUT2D eigenvalue weighted by Crippen LogP contribution is -2.19. The molecule has 1 heterocycles. The average Bonchev–Trinajstić information content (AvgIpc) is 2.72. The summed E-state index contributed by atoms with van der Waals surface area (Å²) in [5.41, 5.74) is 4.43. The Hall–Kier alpha value is -1.20. The fraction of sp³-hybridized carbons (Fsp3) is 0.438. The Kier molecular flexibility index (Phi) is 5.53. The van der Waals surface area contributed by atoms with Gasteiger partial charge in [-0.1, -0.05) is 13.0 Å². The molecule has 0 fully saturated rings. The molecule has 0 radical (unpaired) electrons. The van der Waals surface area contributed by atoms with Gasteiger partial charge in [-0.3, -0.25) is 4.68 Å². The van der Waals surface area contributed by atoms with Crippen molar-refractivity contribution in [1.29, 1.82) is 0 Å². The number of aryl methyl sites for hydroxylation is 3. The van der Waals surface area contributed by atoms with E-state index in [4.69, 9.17) is 0 Å². The molecule has 0 spiro atoms. The van der Waals surface area contributed by atoms with E-state index in [0.29, 0.717) is 0 Å². The number of nitrogens with one attached hydrogen (secondary N) is 1. The Labute approximate surface area is 133 Å². The number of hydrogen-bond acceptors (Lipinski definition) is 2. The highest BCUT2D eigenvalue weighted by atomic mass is 79.9. The predicted octanol–water partition coefficient (Wildman–Crippen LogP) is 3.52. The van der Waals surface area contributed by atoms with Crippen molar-refractivity contribution in [2.45, 2.75) is 33.2 Å². The third kappa shape index (κ3) is 3.92.